The van der Waals surface area contributed by atoms with Gasteiger partial charge < -0.3 is 9.88 Å². The van der Waals surface area contributed by atoms with Crippen molar-refractivity contribution in [3.63, 3.8) is 0 Å². The number of hydrogen-bond donors (Lipinski definition) is 1. The third-order valence-corrected chi connectivity index (χ3v) is 5.44. The van der Waals surface area contributed by atoms with Crippen LogP contribution >= 0.6 is 22.7 Å². The number of nitrogens with one attached hydrogen (secondary N) is 1. The Labute approximate surface area is 146 Å². The van der Waals surface area contributed by atoms with Gasteiger partial charge in [-0.2, -0.15) is 0 Å². The third-order valence-electron chi connectivity index (χ3n) is 3.79. The molecule has 1 aromatic carbocycles. The number of para-hydroxylation sites is 2. The number of rotatable bonds is 4. The lowest BCUT2D eigenvalue weighted by Crippen LogP contribution is -2.23. The molecule has 0 aliphatic carbocycles. The molecule has 0 aliphatic rings. The van der Waals surface area contributed by atoms with Gasteiger partial charge in [0.1, 0.15) is 6.04 Å². The molecule has 4 aromatic rings. The first-order valence-electron chi connectivity index (χ1n) is 7.44. The van der Waals surface area contributed by atoms with Crippen LogP contribution in [0.4, 0.5) is 5.13 Å². The normalized spacial score (nSPS) is 12.4. The number of amides is 1. The second kappa shape index (κ2) is 6.18. The Morgan fingerprint density at radius 3 is 2.92 bits per heavy atom. The smallest absolute Gasteiger partial charge is 0.248 e. The number of nitrogens with zero attached hydrogens (tertiary/aromatic N) is 3. The van der Waals surface area contributed by atoms with Crippen LogP contribution in [0.25, 0.3) is 21.6 Å². The van der Waals surface area contributed by atoms with E-state index < -0.39 is 0 Å². The fourth-order valence-corrected chi connectivity index (χ4v) is 3.97. The van der Waals surface area contributed by atoms with Crippen molar-refractivity contribution in [1.82, 2.24) is 14.5 Å². The standard InChI is InChI=1S/C17H14N4OS2/c1-11(21-10-18-12-5-2-3-6-14(12)21)16(22)20-17-19-13(9-24-17)15-7-4-8-23-15/h2-11H,1H3,(H,19,20,22). The van der Waals surface area contributed by atoms with E-state index in [0.717, 1.165) is 21.6 Å². The summed E-state index contributed by atoms with van der Waals surface area (Å²) in [5, 5.41) is 7.48. The number of carbonyl (C=O) groups is 1. The van der Waals surface area contributed by atoms with Crippen molar-refractivity contribution >= 4 is 44.7 Å². The van der Waals surface area contributed by atoms with Gasteiger partial charge in [0.25, 0.3) is 0 Å². The lowest BCUT2D eigenvalue weighted by molar-refractivity contribution is -0.118. The molecule has 0 radical (unpaired) electrons. The molecule has 5 nitrogen and oxygen atoms in total. The van der Waals surface area contributed by atoms with Crippen molar-refractivity contribution < 1.29 is 4.79 Å². The Bertz CT molecular complexity index is 987. The van der Waals surface area contributed by atoms with E-state index in [4.69, 9.17) is 0 Å². The van der Waals surface area contributed by atoms with E-state index in [9.17, 15) is 4.79 Å². The first-order valence-corrected chi connectivity index (χ1v) is 9.20. The predicted octanol–water partition coefficient (Wildman–Crippen LogP) is 4.42. The molecule has 1 amide bonds. The van der Waals surface area contributed by atoms with Gasteiger partial charge in [0.2, 0.25) is 5.91 Å². The van der Waals surface area contributed by atoms with E-state index in [-0.39, 0.29) is 11.9 Å². The molecule has 24 heavy (non-hydrogen) atoms. The number of anilines is 1. The first kappa shape index (κ1) is 15.0. The zero-order chi connectivity index (χ0) is 16.5. The minimum Gasteiger partial charge on any atom is -0.318 e. The van der Waals surface area contributed by atoms with E-state index in [0.29, 0.717) is 5.13 Å². The quantitative estimate of drug-likeness (QED) is 0.590. The molecule has 1 unspecified atom stereocenters. The maximum atomic E-state index is 12.6. The summed E-state index contributed by atoms with van der Waals surface area (Å²) in [4.78, 5) is 22.5. The van der Waals surface area contributed by atoms with Crippen LogP contribution in [0.2, 0.25) is 0 Å². The third kappa shape index (κ3) is 2.72. The zero-order valence-corrected chi connectivity index (χ0v) is 14.5. The SMILES string of the molecule is CC(C(=O)Nc1nc(-c2cccs2)cs1)n1cnc2ccccc21. The summed E-state index contributed by atoms with van der Waals surface area (Å²) >= 11 is 3.07. The van der Waals surface area contributed by atoms with Crippen LogP contribution in [-0.4, -0.2) is 20.4 Å². The Morgan fingerprint density at radius 1 is 1.21 bits per heavy atom. The van der Waals surface area contributed by atoms with E-state index >= 15 is 0 Å². The summed E-state index contributed by atoms with van der Waals surface area (Å²) in [6, 6.07) is 11.4. The molecular weight excluding hydrogens is 340 g/mol. The largest absolute Gasteiger partial charge is 0.318 e. The second-order valence-electron chi connectivity index (χ2n) is 5.32. The average molecular weight is 354 g/mol. The Balaban J connectivity index is 1.54. The minimum absolute atomic E-state index is 0.106. The Hall–Kier alpha value is -2.51. The van der Waals surface area contributed by atoms with E-state index in [1.165, 1.54) is 11.3 Å². The number of imidazole rings is 1. The summed E-state index contributed by atoms with van der Waals surface area (Å²) in [5.74, 6) is -0.106. The van der Waals surface area contributed by atoms with Gasteiger partial charge in [-0.1, -0.05) is 18.2 Å². The van der Waals surface area contributed by atoms with Crippen LogP contribution in [0.1, 0.15) is 13.0 Å². The number of aromatic nitrogens is 3. The highest BCUT2D eigenvalue weighted by molar-refractivity contribution is 7.16. The summed E-state index contributed by atoms with van der Waals surface area (Å²) < 4.78 is 1.87. The van der Waals surface area contributed by atoms with Gasteiger partial charge >= 0.3 is 0 Å². The molecule has 7 heteroatoms. The molecule has 0 saturated carbocycles. The number of thiophene rings is 1. The minimum atomic E-state index is -0.369. The van der Waals surface area contributed by atoms with Gasteiger partial charge in [-0.05, 0) is 30.5 Å². The maximum absolute atomic E-state index is 12.6. The molecule has 0 fully saturated rings. The molecule has 1 atom stereocenters. The van der Waals surface area contributed by atoms with Crippen LogP contribution in [0.15, 0.2) is 53.5 Å². The van der Waals surface area contributed by atoms with Crippen LogP contribution in [0.5, 0.6) is 0 Å². The van der Waals surface area contributed by atoms with E-state index in [1.54, 1.807) is 17.7 Å². The van der Waals surface area contributed by atoms with Gasteiger partial charge in [-0.15, -0.1) is 22.7 Å². The van der Waals surface area contributed by atoms with Gasteiger partial charge in [0, 0.05) is 5.38 Å². The summed E-state index contributed by atoms with van der Waals surface area (Å²) in [7, 11) is 0. The van der Waals surface area contributed by atoms with Crippen LogP contribution < -0.4 is 5.32 Å². The lowest BCUT2D eigenvalue weighted by Gasteiger charge is -2.13. The number of benzene rings is 1. The molecule has 0 aliphatic heterocycles. The highest BCUT2D eigenvalue weighted by Gasteiger charge is 2.18. The van der Waals surface area contributed by atoms with Crippen molar-refractivity contribution in [3.8, 4) is 10.6 Å². The van der Waals surface area contributed by atoms with Crippen molar-refractivity contribution in [2.24, 2.45) is 0 Å². The predicted molar refractivity (Wildman–Crippen MR) is 98.5 cm³/mol. The molecular formula is C17H14N4OS2. The molecule has 0 saturated heterocycles. The molecule has 3 aromatic heterocycles. The summed E-state index contributed by atoms with van der Waals surface area (Å²) in [6.45, 7) is 1.86. The van der Waals surface area contributed by atoms with Crippen LogP contribution in [0, 0.1) is 0 Å². The molecule has 120 valence electrons. The molecule has 3 heterocycles. The monoisotopic (exact) mass is 354 g/mol. The van der Waals surface area contributed by atoms with E-state index in [2.05, 4.69) is 15.3 Å². The second-order valence-corrected chi connectivity index (χ2v) is 7.13. The fraction of sp³-hybridized carbons (Fsp3) is 0.118. The van der Waals surface area contributed by atoms with Crippen LogP contribution in [0.3, 0.4) is 0 Å². The summed E-state index contributed by atoms with van der Waals surface area (Å²) in [5.41, 5.74) is 2.72. The number of thiazole rings is 1. The molecule has 4 rings (SSSR count). The van der Waals surface area contributed by atoms with Crippen molar-refractivity contribution in [1.29, 1.82) is 0 Å². The van der Waals surface area contributed by atoms with Gasteiger partial charge in [0.05, 0.1) is 27.9 Å². The van der Waals surface area contributed by atoms with Crippen molar-refractivity contribution in [2.75, 3.05) is 5.32 Å². The molecule has 0 spiro atoms. The first-order chi connectivity index (χ1) is 11.7. The zero-order valence-electron chi connectivity index (χ0n) is 12.8. The highest BCUT2D eigenvalue weighted by Crippen LogP contribution is 2.28. The van der Waals surface area contributed by atoms with Gasteiger partial charge in [-0.3, -0.25) is 4.79 Å². The van der Waals surface area contributed by atoms with Crippen LogP contribution in [-0.2, 0) is 4.79 Å². The lowest BCUT2D eigenvalue weighted by atomic mass is 10.2. The number of fused-ring (bicyclic) bond motifs is 1. The summed E-state index contributed by atoms with van der Waals surface area (Å²) in [6.07, 6.45) is 1.70. The maximum Gasteiger partial charge on any atom is 0.248 e. The average Bonchev–Trinajstić information content (AvgIpc) is 3.33. The van der Waals surface area contributed by atoms with Gasteiger partial charge in [-0.25, -0.2) is 9.97 Å². The molecule has 0 bridgehead atoms. The number of hydrogen-bond acceptors (Lipinski definition) is 5. The Kier molecular flexibility index (Phi) is 3.87. The molecule has 1 N–H and O–H groups in total. The van der Waals surface area contributed by atoms with Gasteiger partial charge in [0.15, 0.2) is 5.13 Å². The highest BCUT2D eigenvalue weighted by atomic mass is 32.1. The van der Waals surface area contributed by atoms with Crippen molar-refractivity contribution in [3.05, 3.63) is 53.5 Å². The Morgan fingerprint density at radius 2 is 2.08 bits per heavy atom. The fourth-order valence-electron chi connectivity index (χ4n) is 2.49. The van der Waals surface area contributed by atoms with E-state index in [1.807, 2.05) is 58.6 Å². The number of carbonyl (C=O) groups excluding carboxylic acids is 1. The van der Waals surface area contributed by atoms with Crippen molar-refractivity contribution in [2.45, 2.75) is 13.0 Å². The topological polar surface area (TPSA) is 59.8 Å².